The quantitative estimate of drug-likeness (QED) is 0.206. The van der Waals surface area contributed by atoms with E-state index in [-0.39, 0.29) is 7.92 Å². The van der Waals surface area contributed by atoms with Crippen LogP contribution in [0.2, 0.25) is 0 Å². The van der Waals surface area contributed by atoms with Gasteiger partial charge in [-0.2, -0.15) is 0 Å². The van der Waals surface area contributed by atoms with E-state index < -0.39 is 0 Å². The Balaban J connectivity index is 2.25. The van der Waals surface area contributed by atoms with Gasteiger partial charge < -0.3 is 0 Å². The van der Waals surface area contributed by atoms with Crippen LogP contribution in [0, 0.1) is 0 Å². The van der Waals surface area contributed by atoms with Gasteiger partial charge in [0.1, 0.15) is 0 Å². The van der Waals surface area contributed by atoms with Crippen molar-refractivity contribution in [1.29, 1.82) is 0 Å². The van der Waals surface area contributed by atoms with Crippen LogP contribution in [0.5, 0.6) is 0 Å². The van der Waals surface area contributed by atoms with Crippen molar-refractivity contribution in [3.05, 3.63) is 29.8 Å². The summed E-state index contributed by atoms with van der Waals surface area (Å²) in [5.41, 5.74) is 1.61. The molecule has 0 aliphatic heterocycles. The number of benzene rings is 1. The second kappa shape index (κ2) is 15.9. The van der Waals surface area contributed by atoms with Crippen LogP contribution in [-0.2, 0) is 6.42 Å². The van der Waals surface area contributed by atoms with Crippen molar-refractivity contribution in [3.63, 3.8) is 0 Å². The molecule has 1 aromatic carbocycles. The molecule has 1 unspecified atom stereocenters. The molecule has 0 amide bonds. The fourth-order valence-corrected chi connectivity index (χ4v) is 6.55. The lowest BCUT2D eigenvalue weighted by Gasteiger charge is -2.21. The van der Waals surface area contributed by atoms with Gasteiger partial charge in [0, 0.05) is 0 Å². The zero-order chi connectivity index (χ0) is 18.2. The summed E-state index contributed by atoms with van der Waals surface area (Å²) >= 11 is 0. The number of aryl methyl sites for hydroxylation is 1. The van der Waals surface area contributed by atoms with Crippen LogP contribution in [-0.4, -0.2) is 12.3 Å². The first-order valence-corrected chi connectivity index (χ1v) is 12.9. The molecule has 1 aromatic rings. The standard InChI is InChI=1S/C24H43P/c1-4-7-9-10-11-12-13-14-15-18-22-25(21-8-5-2)24-20-17-16-19-23(24)6-3/h16-17,19-20H,4-15,18,21-22H2,1-3H3. The van der Waals surface area contributed by atoms with Crippen LogP contribution in [0.4, 0.5) is 0 Å². The Morgan fingerprint density at radius 3 is 1.72 bits per heavy atom. The minimum atomic E-state index is 0.0772. The zero-order valence-electron chi connectivity index (χ0n) is 17.4. The third-order valence-electron chi connectivity index (χ3n) is 5.28. The van der Waals surface area contributed by atoms with Crippen molar-refractivity contribution in [2.45, 2.75) is 104 Å². The highest BCUT2D eigenvalue weighted by Gasteiger charge is 2.13. The molecule has 144 valence electrons. The maximum Gasteiger partial charge on any atom is -0.0209 e. The number of hydrogen-bond donors (Lipinski definition) is 0. The Morgan fingerprint density at radius 2 is 1.12 bits per heavy atom. The summed E-state index contributed by atoms with van der Waals surface area (Å²) in [7, 11) is 0.0772. The van der Waals surface area contributed by atoms with Gasteiger partial charge >= 0.3 is 0 Å². The molecule has 0 radical (unpaired) electrons. The second-order valence-corrected chi connectivity index (χ2v) is 9.96. The lowest BCUT2D eigenvalue weighted by molar-refractivity contribution is 0.563. The van der Waals surface area contributed by atoms with Crippen LogP contribution in [0.3, 0.4) is 0 Å². The first-order chi connectivity index (χ1) is 12.3. The average Bonchev–Trinajstić information content (AvgIpc) is 2.65. The normalized spacial score (nSPS) is 12.4. The van der Waals surface area contributed by atoms with Gasteiger partial charge in [-0.1, -0.05) is 117 Å². The molecule has 0 saturated carbocycles. The van der Waals surface area contributed by atoms with Gasteiger partial charge in [0.25, 0.3) is 0 Å². The molecule has 0 bridgehead atoms. The molecular formula is C24H43P. The summed E-state index contributed by atoms with van der Waals surface area (Å²) in [6.45, 7) is 6.95. The predicted molar refractivity (Wildman–Crippen MR) is 119 cm³/mol. The summed E-state index contributed by atoms with van der Waals surface area (Å²) < 4.78 is 0. The lowest BCUT2D eigenvalue weighted by atomic mass is 10.1. The van der Waals surface area contributed by atoms with Crippen LogP contribution < -0.4 is 5.30 Å². The number of rotatable bonds is 16. The fraction of sp³-hybridized carbons (Fsp3) is 0.750. The Bertz CT molecular complexity index is 412. The van der Waals surface area contributed by atoms with E-state index in [2.05, 4.69) is 45.0 Å². The molecule has 0 aliphatic carbocycles. The summed E-state index contributed by atoms with van der Waals surface area (Å²) in [6.07, 6.45) is 21.3. The first-order valence-electron chi connectivity index (χ1n) is 11.2. The van der Waals surface area contributed by atoms with Gasteiger partial charge in [-0.15, -0.1) is 0 Å². The highest BCUT2D eigenvalue weighted by atomic mass is 31.1. The largest absolute Gasteiger partial charge is 0.0750 e. The molecule has 0 aliphatic rings. The molecule has 0 fully saturated rings. The minimum Gasteiger partial charge on any atom is -0.0750 e. The number of hydrogen-bond acceptors (Lipinski definition) is 0. The van der Waals surface area contributed by atoms with Gasteiger partial charge in [-0.3, -0.25) is 0 Å². The van der Waals surface area contributed by atoms with E-state index in [0.717, 1.165) is 0 Å². The summed E-state index contributed by atoms with van der Waals surface area (Å²) in [4.78, 5) is 0. The Labute approximate surface area is 160 Å². The smallest absolute Gasteiger partial charge is 0.0209 e. The number of unbranched alkanes of at least 4 members (excludes halogenated alkanes) is 10. The van der Waals surface area contributed by atoms with E-state index >= 15 is 0 Å². The molecule has 0 nitrogen and oxygen atoms in total. The van der Waals surface area contributed by atoms with Crippen LogP contribution in [0.15, 0.2) is 24.3 Å². The molecule has 1 heteroatoms. The third-order valence-corrected chi connectivity index (χ3v) is 8.11. The van der Waals surface area contributed by atoms with E-state index in [0.29, 0.717) is 0 Å². The van der Waals surface area contributed by atoms with Crippen molar-refractivity contribution in [2.24, 2.45) is 0 Å². The summed E-state index contributed by atoms with van der Waals surface area (Å²) in [5.74, 6) is 0. The van der Waals surface area contributed by atoms with Crippen molar-refractivity contribution in [1.82, 2.24) is 0 Å². The molecule has 0 saturated heterocycles. The second-order valence-electron chi connectivity index (χ2n) is 7.50. The van der Waals surface area contributed by atoms with E-state index in [9.17, 15) is 0 Å². The van der Waals surface area contributed by atoms with Gasteiger partial charge in [0.2, 0.25) is 0 Å². The summed E-state index contributed by atoms with van der Waals surface area (Å²) in [5, 5.41) is 1.71. The van der Waals surface area contributed by atoms with Crippen LogP contribution in [0.1, 0.15) is 103 Å². The molecular weight excluding hydrogens is 319 g/mol. The van der Waals surface area contributed by atoms with Gasteiger partial charge in [0.15, 0.2) is 0 Å². The molecule has 1 atom stereocenters. The van der Waals surface area contributed by atoms with E-state index in [1.807, 2.05) is 0 Å². The average molecular weight is 363 g/mol. The first kappa shape index (κ1) is 22.7. The Morgan fingerprint density at radius 1 is 0.600 bits per heavy atom. The van der Waals surface area contributed by atoms with Gasteiger partial charge in [-0.05, 0) is 42.5 Å². The fourth-order valence-electron chi connectivity index (χ4n) is 3.61. The third kappa shape index (κ3) is 10.4. The Kier molecular flexibility index (Phi) is 14.4. The molecule has 0 spiro atoms. The topological polar surface area (TPSA) is 0 Å². The van der Waals surface area contributed by atoms with E-state index in [1.165, 1.54) is 95.8 Å². The predicted octanol–water partition coefficient (Wildman–Crippen LogP) is 8.08. The summed E-state index contributed by atoms with van der Waals surface area (Å²) in [6, 6.07) is 9.26. The van der Waals surface area contributed by atoms with Crippen molar-refractivity contribution in [3.8, 4) is 0 Å². The minimum absolute atomic E-state index is 0.0772. The van der Waals surface area contributed by atoms with Crippen LogP contribution >= 0.6 is 7.92 Å². The van der Waals surface area contributed by atoms with E-state index in [4.69, 9.17) is 0 Å². The lowest BCUT2D eigenvalue weighted by Crippen LogP contribution is -2.12. The molecule has 0 aromatic heterocycles. The van der Waals surface area contributed by atoms with Crippen molar-refractivity contribution < 1.29 is 0 Å². The highest BCUT2D eigenvalue weighted by Crippen LogP contribution is 2.38. The van der Waals surface area contributed by atoms with Crippen molar-refractivity contribution >= 4 is 13.2 Å². The molecule has 0 heterocycles. The monoisotopic (exact) mass is 362 g/mol. The zero-order valence-corrected chi connectivity index (χ0v) is 18.3. The maximum atomic E-state index is 2.43. The van der Waals surface area contributed by atoms with Crippen molar-refractivity contribution in [2.75, 3.05) is 12.3 Å². The van der Waals surface area contributed by atoms with Gasteiger partial charge in [-0.25, -0.2) is 0 Å². The molecule has 1 rings (SSSR count). The molecule has 25 heavy (non-hydrogen) atoms. The molecule has 0 N–H and O–H groups in total. The Hall–Kier alpha value is -0.350. The van der Waals surface area contributed by atoms with E-state index in [1.54, 1.807) is 10.9 Å². The highest BCUT2D eigenvalue weighted by molar-refractivity contribution is 7.65. The van der Waals surface area contributed by atoms with Gasteiger partial charge in [0.05, 0.1) is 0 Å². The van der Waals surface area contributed by atoms with Crippen LogP contribution in [0.25, 0.3) is 0 Å². The maximum absolute atomic E-state index is 2.43. The SMILES string of the molecule is CCCCCCCCCCCCP(CCCC)c1ccccc1CC.